The highest BCUT2D eigenvalue weighted by Gasteiger charge is 2.02. The Hall–Kier alpha value is -2.80. The third-order valence-corrected chi connectivity index (χ3v) is 4.65. The third kappa shape index (κ3) is 3.83. The largest absolute Gasteiger partial charge is 0.497 e. The molecule has 0 aliphatic heterocycles. The molecule has 3 aromatic rings. The Kier molecular flexibility index (Phi) is 5.04. The standard InChI is InChI=1S/C18H20N4O2S/c1-21-17(19-13-5-9-15(23-3)10-6-13)22(2)25-18(21)20-14-7-11-16(24-4)12-8-14/h5-12H,1-4H3. The monoisotopic (exact) mass is 356 g/mol. The SMILES string of the molecule is COc1ccc(N=c2sn(C)c(=Nc3ccc(OC)cc3)n2C)cc1. The molecule has 0 radical (unpaired) electrons. The molecule has 6 nitrogen and oxygen atoms in total. The van der Waals surface area contributed by atoms with Crippen molar-refractivity contribution in [1.82, 2.24) is 8.52 Å². The number of benzene rings is 2. The van der Waals surface area contributed by atoms with E-state index in [1.165, 1.54) is 11.5 Å². The number of ether oxygens (including phenoxy) is 2. The molecule has 130 valence electrons. The predicted octanol–water partition coefficient (Wildman–Crippen LogP) is 2.91. The highest BCUT2D eigenvalue weighted by molar-refractivity contribution is 7.03. The van der Waals surface area contributed by atoms with Gasteiger partial charge < -0.3 is 9.47 Å². The Bertz CT molecular complexity index is 980. The maximum absolute atomic E-state index is 5.18. The third-order valence-electron chi connectivity index (χ3n) is 3.69. The van der Waals surface area contributed by atoms with Crippen molar-refractivity contribution in [3.8, 4) is 11.5 Å². The van der Waals surface area contributed by atoms with E-state index in [-0.39, 0.29) is 0 Å². The maximum Gasteiger partial charge on any atom is 0.221 e. The summed E-state index contributed by atoms with van der Waals surface area (Å²) >= 11 is 1.54. The maximum atomic E-state index is 5.18. The first-order valence-corrected chi connectivity index (χ1v) is 8.49. The molecule has 3 rings (SSSR count). The second kappa shape index (κ2) is 7.40. The summed E-state index contributed by atoms with van der Waals surface area (Å²) in [5.41, 5.74) is 2.55. The molecule has 1 heterocycles. The van der Waals surface area contributed by atoms with Crippen molar-refractivity contribution in [3.05, 3.63) is 59.0 Å². The highest BCUT2D eigenvalue weighted by Crippen LogP contribution is 2.18. The number of hydrogen-bond acceptors (Lipinski definition) is 5. The lowest BCUT2D eigenvalue weighted by Crippen LogP contribution is -2.26. The van der Waals surface area contributed by atoms with Gasteiger partial charge in [-0.2, -0.15) is 0 Å². The van der Waals surface area contributed by atoms with Gasteiger partial charge in [-0.15, -0.1) is 0 Å². The average molecular weight is 356 g/mol. The Morgan fingerprint density at radius 1 is 0.760 bits per heavy atom. The molecular formula is C18H20N4O2S. The van der Waals surface area contributed by atoms with Crippen molar-refractivity contribution < 1.29 is 9.47 Å². The van der Waals surface area contributed by atoms with Crippen LogP contribution in [-0.4, -0.2) is 22.7 Å². The molecule has 1 aromatic heterocycles. The van der Waals surface area contributed by atoms with Gasteiger partial charge in [0.25, 0.3) is 0 Å². The summed E-state index contributed by atoms with van der Waals surface area (Å²) in [5, 5.41) is 0. The first kappa shape index (κ1) is 17.0. The zero-order valence-corrected chi connectivity index (χ0v) is 15.4. The first-order valence-electron chi connectivity index (χ1n) is 7.71. The van der Waals surface area contributed by atoms with Gasteiger partial charge in [0.05, 0.1) is 25.6 Å². The summed E-state index contributed by atoms with van der Waals surface area (Å²) in [6, 6.07) is 15.3. The molecule has 0 unspecified atom stereocenters. The summed E-state index contributed by atoms with van der Waals surface area (Å²) in [6.45, 7) is 0. The summed E-state index contributed by atoms with van der Waals surface area (Å²) < 4.78 is 14.3. The van der Waals surface area contributed by atoms with Crippen LogP contribution in [0, 0.1) is 0 Å². The zero-order chi connectivity index (χ0) is 17.8. The van der Waals surface area contributed by atoms with Gasteiger partial charge in [-0.1, -0.05) is 0 Å². The van der Waals surface area contributed by atoms with Crippen LogP contribution in [0.2, 0.25) is 0 Å². The van der Waals surface area contributed by atoms with Crippen LogP contribution in [0.3, 0.4) is 0 Å². The highest BCUT2D eigenvalue weighted by atomic mass is 32.1. The number of hydrogen-bond donors (Lipinski definition) is 0. The van der Waals surface area contributed by atoms with E-state index >= 15 is 0 Å². The van der Waals surface area contributed by atoms with Crippen LogP contribution in [0.1, 0.15) is 0 Å². The second-order valence-electron chi connectivity index (χ2n) is 5.35. The van der Waals surface area contributed by atoms with Crippen LogP contribution in [0.5, 0.6) is 11.5 Å². The second-order valence-corrected chi connectivity index (χ2v) is 6.45. The minimum atomic E-state index is 0.813. The van der Waals surface area contributed by atoms with Crippen molar-refractivity contribution in [2.24, 2.45) is 24.1 Å². The number of rotatable bonds is 4. The van der Waals surface area contributed by atoms with Crippen molar-refractivity contribution in [3.63, 3.8) is 0 Å². The molecule has 0 amide bonds. The smallest absolute Gasteiger partial charge is 0.221 e. The van der Waals surface area contributed by atoms with E-state index in [4.69, 9.17) is 19.5 Å². The van der Waals surface area contributed by atoms with E-state index in [1.54, 1.807) is 14.2 Å². The van der Waals surface area contributed by atoms with Crippen molar-refractivity contribution in [2.45, 2.75) is 0 Å². The number of nitrogens with zero attached hydrogens (tertiary/aromatic N) is 4. The predicted molar refractivity (Wildman–Crippen MR) is 98.7 cm³/mol. The minimum Gasteiger partial charge on any atom is -0.497 e. The Balaban J connectivity index is 2.02. The first-order chi connectivity index (χ1) is 12.1. The fraction of sp³-hybridized carbons (Fsp3) is 0.222. The molecule has 25 heavy (non-hydrogen) atoms. The van der Waals surface area contributed by atoms with E-state index in [2.05, 4.69) is 0 Å². The van der Waals surface area contributed by atoms with Gasteiger partial charge in [0, 0.05) is 14.1 Å². The van der Waals surface area contributed by atoms with Crippen LogP contribution in [0.4, 0.5) is 11.4 Å². The van der Waals surface area contributed by atoms with Crippen molar-refractivity contribution >= 4 is 22.9 Å². The summed E-state index contributed by atoms with van der Waals surface area (Å²) in [4.78, 5) is 10.3. The molecule has 0 saturated carbocycles. The Morgan fingerprint density at radius 3 is 1.72 bits per heavy atom. The molecule has 7 heteroatoms. The molecule has 0 atom stereocenters. The summed E-state index contributed by atoms with van der Waals surface area (Å²) in [5.74, 6) is 1.63. The molecule has 0 bridgehead atoms. The lowest BCUT2D eigenvalue weighted by atomic mass is 10.3. The van der Waals surface area contributed by atoms with Gasteiger partial charge in [0.1, 0.15) is 11.5 Å². The van der Waals surface area contributed by atoms with Crippen LogP contribution < -0.4 is 19.9 Å². The van der Waals surface area contributed by atoms with Gasteiger partial charge >= 0.3 is 0 Å². The Morgan fingerprint density at radius 2 is 1.24 bits per heavy atom. The van der Waals surface area contributed by atoms with Gasteiger partial charge in [0.15, 0.2) is 0 Å². The molecule has 0 aliphatic rings. The molecule has 0 fully saturated rings. The van der Waals surface area contributed by atoms with Crippen LogP contribution in [-0.2, 0) is 14.1 Å². The molecule has 0 aliphatic carbocycles. The fourth-order valence-corrected chi connectivity index (χ4v) is 3.14. The van der Waals surface area contributed by atoms with Gasteiger partial charge in [-0.05, 0) is 60.1 Å². The van der Waals surface area contributed by atoms with Gasteiger partial charge in [-0.25, -0.2) is 9.98 Å². The zero-order valence-electron chi connectivity index (χ0n) is 14.6. The summed E-state index contributed by atoms with van der Waals surface area (Å²) in [7, 11) is 7.23. The van der Waals surface area contributed by atoms with Gasteiger partial charge in [-0.3, -0.25) is 8.52 Å². The topological polar surface area (TPSA) is 53.0 Å². The normalized spacial score (nSPS) is 12.5. The molecule has 0 saturated heterocycles. The van der Waals surface area contributed by atoms with Crippen molar-refractivity contribution in [1.29, 1.82) is 0 Å². The molecule has 0 N–H and O–H groups in total. The van der Waals surface area contributed by atoms with Crippen LogP contribution in [0.15, 0.2) is 58.5 Å². The van der Waals surface area contributed by atoms with Crippen molar-refractivity contribution in [2.75, 3.05) is 14.2 Å². The number of aryl methyl sites for hydroxylation is 1. The molecule has 2 aromatic carbocycles. The van der Waals surface area contributed by atoms with Crippen LogP contribution in [0.25, 0.3) is 0 Å². The van der Waals surface area contributed by atoms with E-state index < -0.39 is 0 Å². The average Bonchev–Trinajstić information content (AvgIpc) is 2.90. The summed E-state index contributed by atoms with van der Waals surface area (Å²) in [6.07, 6.45) is 0. The lowest BCUT2D eigenvalue weighted by Gasteiger charge is -1.99. The van der Waals surface area contributed by atoms with E-state index in [0.717, 1.165) is 33.3 Å². The number of methoxy groups -OCH3 is 2. The number of aromatic nitrogens is 2. The Labute approximate surface area is 150 Å². The van der Waals surface area contributed by atoms with E-state index in [0.29, 0.717) is 0 Å². The molecular weight excluding hydrogens is 336 g/mol. The van der Waals surface area contributed by atoms with Gasteiger partial charge in [0.2, 0.25) is 10.4 Å². The van der Waals surface area contributed by atoms with E-state index in [9.17, 15) is 0 Å². The molecule has 0 spiro atoms. The minimum absolute atomic E-state index is 0.813. The quantitative estimate of drug-likeness (QED) is 0.722. The van der Waals surface area contributed by atoms with E-state index in [1.807, 2.05) is 71.2 Å². The fourth-order valence-electron chi connectivity index (χ4n) is 2.30. The lowest BCUT2D eigenvalue weighted by molar-refractivity contribution is 0.414. The van der Waals surface area contributed by atoms with Crippen LogP contribution >= 0.6 is 11.5 Å².